The molecule has 0 atom stereocenters. The predicted octanol–water partition coefficient (Wildman–Crippen LogP) is 3.58. The number of hydrogen-bond acceptors (Lipinski definition) is 5. The van der Waals surface area contributed by atoms with Crippen LogP contribution in [0.15, 0.2) is 51.8 Å². The lowest BCUT2D eigenvalue weighted by molar-refractivity contribution is -0.123. The second-order valence-corrected chi connectivity index (χ2v) is 7.04. The van der Waals surface area contributed by atoms with Crippen molar-refractivity contribution in [2.24, 2.45) is 0 Å². The maximum absolute atomic E-state index is 12.2. The van der Waals surface area contributed by atoms with Crippen LogP contribution >= 0.6 is 0 Å². The zero-order chi connectivity index (χ0) is 20.6. The number of aryl methyl sites for hydroxylation is 2. The number of hydrogen-bond donors (Lipinski definition) is 1. The molecule has 1 amide bonds. The van der Waals surface area contributed by atoms with Gasteiger partial charge in [-0.1, -0.05) is 19.4 Å². The quantitative estimate of drug-likeness (QED) is 0.561. The van der Waals surface area contributed by atoms with Crippen LogP contribution < -0.4 is 15.7 Å². The molecule has 0 saturated carbocycles. The van der Waals surface area contributed by atoms with E-state index in [9.17, 15) is 9.59 Å². The van der Waals surface area contributed by atoms with Crippen LogP contribution in [-0.2, 0) is 17.6 Å². The van der Waals surface area contributed by atoms with Crippen molar-refractivity contribution in [2.75, 3.05) is 13.2 Å². The SMILES string of the molecule is CCCCc1cc(=O)oc2cc(C)cc(OCC(=O)NCCc3ccccn3)c12. The third-order valence-corrected chi connectivity index (χ3v) is 4.62. The number of aromatic nitrogens is 1. The summed E-state index contributed by atoms with van der Waals surface area (Å²) in [6.07, 6.45) is 5.13. The minimum atomic E-state index is -0.368. The number of fused-ring (bicyclic) bond motifs is 1. The fraction of sp³-hybridized carbons (Fsp3) is 0.348. The lowest BCUT2D eigenvalue weighted by atomic mass is 10.0. The molecular formula is C23H26N2O4. The van der Waals surface area contributed by atoms with Crippen LogP contribution in [0.4, 0.5) is 0 Å². The maximum Gasteiger partial charge on any atom is 0.336 e. The summed E-state index contributed by atoms with van der Waals surface area (Å²) in [6, 6.07) is 10.9. The van der Waals surface area contributed by atoms with Crippen molar-refractivity contribution in [3.63, 3.8) is 0 Å². The largest absolute Gasteiger partial charge is 0.483 e. The zero-order valence-electron chi connectivity index (χ0n) is 16.9. The van der Waals surface area contributed by atoms with Crippen molar-refractivity contribution in [1.82, 2.24) is 10.3 Å². The summed E-state index contributed by atoms with van der Waals surface area (Å²) in [5.74, 6) is 0.359. The lowest BCUT2D eigenvalue weighted by Crippen LogP contribution is -2.30. The fourth-order valence-corrected chi connectivity index (χ4v) is 3.22. The normalized spacial score (nSPS) is 10.8. The first-order chi connectivity index (χ1) is 14.1. The van der Waals surface area contributed by atoms with Crippen LogP contribution in [0.2, 0.25) is 0 Å². The van der Waals surface area contributed by atoms with E-state index in [4.69, 9.17) is 9.15 Å². The van der Waals surface area contributed by atoms with Crippen molar-refractivity contribution in [2.45, 2.75) is 39.5 Å². The van der Waals surface area contributed by atoms with E-state index in [1.807, 2.05) is 37.3 Å². The Morgan fingerprint density at radius 3 is 2.83 bits per heavy atom. The molecule has 0 saturated heterocycles. The molecule has 3 rings (SSSR count). The Balaban J connectivity index is 1.70. The Hall–Kier alpha value is -3.15. The smallest absolute Gasteiger partial charge is 0.336 e. The minimum absolute atomic E-state index is 0.104. The number of benzene rings is 1. The lowest BCUT2D eigenvalue weighted by Gasteiger charge is -2.13. The van der Waals surface area contributed by atoms with E-state index < -0.39 is 0 Å². The minimum Gasteiger partial charge on any atom is -0.483 e. The number of carbonyl (C=O) groups excluding carboxylic acids is 1. The monoisotopic (exact) mass is 394 g/mol. The third-order valence-electron chi connectivity index (χ3n) is 4.62. The molecule has 0 aliphatic heterocycles. The van der Waals surface area contributed by atoms with E-state index in [-0.39, 0.29) is 18.1 Å². The molecule has 0 fully saturated rings. The van der Waals surface area contributed by atoms with Crippen molar-refractivity contribution >= 4 is 16.9 Å². The molecule has 29 heavy (non-hydrogen) atoms. The molecule has 2 aromatic heterocycles. The second kappa shape index (κ2) is 9.87. The van der Waals surface area contributed by atoms with E-state index in [0.29, 0.717) is 24.3 Å². The van der Waals surface area contributed by atoms with Crippen LogP contribution in [0, 0.1) is 6.92 Å². The highest BCUT2D eigenvalue weighted by molar-refractivity contribution is 5.88. The Morgan fingerprint density at radius 2 is 2.07 bits per heavy atom. The van der Waals surface area contributed by atoms with Gasteiger partial charge in [0.1, 0.15) is 11.3 Å². The first-order valence-electron chi connectivity index (χ1n) is 9.93. The second-order valence-electron chi connectivity index (χ2n) is 7.04. The van der Waals surface area contributed by atoms with Crippen LogP contribution in [-0.4, -0.2) is 24.0 Å². The molecular weight excluding hydrogens is 368 g/mol. The summed E-state index contributed by atoms with van der Waals surface area (Å²) in [5.41, 5.74) is 2.85. The van der Waals surface area contributed by atoms with Crippen LogP contribution in [0.1, 0.15) is 36.6 Å². The van der Waals surface area contributed by atoms with Gasteiger partial charge in [-0.25, -0.2) is 4.79 Å². The number of nitrogens with one attached hydrogen (secondary N) is 1. The standard InChI is InChI=1S/C23H26N2O4/c1-3-4-7-17-14-22(27)29-20-13-16(2)12-19(23(17)20)28-15-21(26)25-11-9-18-8-5-6-10-24-18/h5-6,8,10,12-14H,3-4,7,9,11,15H2,1-2H3,(H,25,26). The van der Waals surface area contributed by atoms with Gasteiger partial charge in [-0.3, -0.25) is 9.78 Å². The van der Waals surface area contributed by atoms with Gasteiger partial charge < -0.3 is 14.5 Å². The number of rotatable bonds is 9. The molecule has 0 aliphatic carbocycles. The van der Waals surface area contributed by atoms with Crippen LogP contribution in [0.5, 0.6) is 5.75 Å². The Bertz CT molecular complexity index is 1030. The Labute approximate surface area is 169 Å². The van der Waals surface area contributed by atoms with Gasteiger partial charge in [-0.05, 0) is 55.2 Å². The molecule has 0 bridgehead atoms. The third kappa shape index (κ3) is 5.67. The molecule has 1 aromatic carbocycles. The van der Waals surface area contributed by atoms with Gasteiger partial charge in [0.2, 0.25) is 0 Å². The first-order valence-corrected chi connectivity index (χ1v) is 9.93. The fourth-order valence-electron chi connectivity index (χ4n) is 3.22. The molecule has 0 spiro atoms. The van der Waals surface area contributed by atoms with E-state index in [1.54, 1.807) is 6.20 Å². The highest BCUT2D eigenvalue weighted by Gasteiger charge is 2.14. The highest BCUT2D eigenvalue weighted by Crippen LogP contribution is 2.30. The number of carbonyl (C=O) groups is 1. The van der Waals surface area contributed by atoms with E-state index in [0.717, 1.165) is 41.5 Å². The molecule has 0 radical (unpaired) electrons. The topological polar surface area (TPSA) is 81.4 Å². The van der Waals surface area contributed by atoms with Gasteiger partial charge in [0.25, 0.3) is 5.91 Å². The molecule has 6 nitrogen and oxygen atoms in total. The number of ether oxygens (including phenoxy) is 1. The van der Waals surface area contributed by atoms with E-state index >= 15 is 0 Å². The molecule has 2 heterocycles. The molecule has 0 unspecified atom stereocenters. The molecule has 6 heteroatoms. The summed E-state index contributed by atoms with van der Waals surface area (Å²) < 4.78 is 11.2. The summed E-state index contributed by atoms with van der Waals surface area (Å²) in [5, 5.41) is 3.61. The van der Waals surface area contributed by atoms with Gasteiger partial charge >= 0.3 is 5.63 Å². The average Bonchev–Trinajstić information content (AvgIpc) is 2.70. The van der Waals surface area contributed by atoms with E-state index in [2.05, 4.69) is 17.2 Å². The molecule has 152 valence electrons. The van der Waals surface area contributed by atoms with E-state index in [1.165, 1.54) is 6.07 Å². The van der Waals surface area contributed by atoms with Gasteiger partial charge in [0.15, 0.2) is 6.61 Å². The molecule has 0 aliphatic rings. The molecule has 1 N–H and O–H groups in total. The van der Waals surface area contributed by atoms with Gasteiger partial charge in [0, 0.05) is 30.9 Å². The number of amides is 1. The predicted molar refractivity (Wildman–Crippen MR) is 112 cm³/mol. The van der Waals surface area contributed by atoms with Crippen molar-refractivity contribution < 1.29 is 13.9 Å². The first kappa shape index (κ1) is 20.6. The van der Waals surface area contributed by atoms with Gasteiger partial charge in [-0.2, -0.15) is 0 Å². The zero-order valence-corrected chi connectivity index (χ0v) is 16.9. The average molecular weight is 394 g/mol. The Morgan fingerprint density at radius 1 is 1.21 bits per heavy atom. The van der Waals surface area contributed by atoms with Crippen molar-refractivity contribution in [1.29, 1.82) is 0 Å². The number of unbranched alkanes of at least 4 members (excludes halogenated alkanes) is 1. The summed E-state index contributed by atoms with van der Waals surface area (Å²) in [7, 11) is 0. The summed E-state index contributed by atoms with van der Waals surface area (Å²) in [4.78, 5) is 28.4. The van der Waals surface area contributed by atoms with Crippen LogP contribution in [0.3, 0.4) is 0 Å². The molecule has 3 aromatic rings. The Kier molecular flexibility index (Phi) is 7.00. The summed E-state index contributed by atoms with van der Waals surface area (Å²) in [6.45, 7) is 4.39. The van der Waals surface area contributed by atoms with Crippen LogP contribution in [0.25, 0.3) is 11.0 Å². The van der Waals surface area contributed by atoms with Crippen molar-refractivity contribution in [3.05, 3.63) is 69.8 Å². The maximum atomic E-state index is 12.2. The summed E-state index contributed by atoms with van der Waals surface area (Å²) >= 11 is 0. The van der Waals surface area contributed by atoms with Gasteiger partial charge in [-0.15, -0.1) is 0 Å². The number of pyridine rings is 1. The van der Waals surface area contributed by atoms with Gasteiger partial charge in [0.05, 0.1) is 5.39 Å². The van der Waals surface area contributed by atoms with Crippen molar-refractivity contribution in [3.8, 4) is 5.75 Å². The highest BCUT2D eigenvalue weighted by atomic mass is 16.5. The number of nitrogens with zero attached hydrogens (tertiary/aromatic N) is 1.